The van der Waals surface area contributed by atoms with Crippen molar-refractivity contribution in [1.29, 1.82) is 0 Å². The molecule has 0 fully saturated rings. The summed E-state index contributed by atoms with van der Waals surface area (Å²) >= 11 is 0. The Bertz CT molecular complexity index is 971. The summed E-state index contributed by atoms with van der Waals surface area (Å²) in [4.78, 5) is 0. The third kappa shape index (κ3) is 5.34. The molecule has 3 aromatic carbocycles. The zero-order valence-corrected chi connectivity index (χ0v) is 17.1. The van der Waals surface area contributed by atoms with Gasteiger partial charge in [0.1, 0.15) is 6.17 Å². The molecule has 3 rings (SSSR count). The van der Waals surface area contributed by atoms with Crippen molar-refractivity contribution in [2.45, 2.75) is 13.1 Å². The number of nitrogens with one attached hydrogen (secondary N) is 2. The Labute approximate surface area is 174 Å². The van der Waals surface area contributed by atoms with Gasteiger partial charge in [-0.15, -0.1) is 0 Å². The van der Waals surface area contributed by atoms with Crippen molar-refractivity contribution < 1.29 is 0 Å². The number of hydrogen-bond acceptors (Lipinski definition) is 2. The molecule has 0 aliphatic heterocycles. The molecule has 0 aromatic heterocycles. The second-order valence-corrected chi connectivity index (χ2v) is 6.79. The van der Waals surface area contributed by atoms with E-state index in [9.17, 15) is 0 Å². The smallest absolute Gasteiger partial charge is 0.103 e. The van der Waals surface area contributed by atoms with Gasteiger partial charge in [-0.25, -0.2) is 0 Å². The summed E-state index contributed by atoms with van der Waals surface area (Å²) in [5.74, 6) is 0. The molecule has 0 aliphatic rings. The predicted octanol–water partition coefficient (Wildman–Crippen LogP) is 6.20. The fraction of sp³-hybridized carbons (Fsp3) is 0.111. The lowest BCUT2D eigenvalue weighted by molar-refractivity contribution is 0.530. The van der Waals surface area contributed by atoms with E-state index in [1.165, 1.54) is 16.7 Å². The van der Waals surface area contributed by atoms with Crippen molar-refractivity contribution in [2.24, 2.45) is 0 Å². The first kappa shape index (κ1) is 20.4. The standard InChI is InChI=1S/C27H28N2/c1-4-25(22-14-8-5-9-15-22)26(23-16-10-6-11-17-23)20-21(2)29-27(28-3)24-18-12-7-13-19-24/h4-20,27-29H,2H2,1,3H3/b25-4-,26-20-. The Morgan fingerprint density at radius 3 is 1.72 bits per heavy atom. The molecule has 0 spiro atoms. The number of rotatable bonds is 8. The molecule has 0 radical (unpaired) electrons. The Morgan fingerprint density at radius 1 is 0.759 bits per heavy atom. The highest BCUT2D eigenvalue weighted by Crippen LogP contribution is 2.32. The number of allylic oxidation sites excluding steroid dienone is 4. The van der Waals surface area contributed by atoms with Crippen LogP contribution in [0, 0.1) is 0 Å². The van der Waals surface area contributed by atoms with E-state index in [2.05, 4.69) is 97.0 Å². The van der Waals surface area contributed by atoms with Crippen molar-refractivity contribution >= 4 is 11.1 Å². The van der Waals surface area contributed by atoms with Gasteiger partial charge < -0.3 is 5.32 Å². The predicted molar refractivity (Wildman–Crippen MR) is 125 cm³/mol. The van der Waals surface area contributed by atoms with Crippen LogP contribution in [0.3, 0.4) is 0 Å². The van der Waals surface area contributed by atoms with Gasteiger partial charge in [0, 0.05) is 5.70 Å². The van der Waals surface area contributed by atoms with Gasteiger partial charge >= 0.3 is 0 Å². The van der Waals surface area contributed by atoms with E-state index in [0.29, 0.717) is 0 Å². The third-order valence-corrected chi connectivity index (χ3v) is 4.82. The molecule has 0 bridgehead atoms. The van der Waals surface area contributed by atoms with E-state index in [-0.39, 0.29) is 6.17 Å². The van der Waals surface area contributed by atoms with Gasteiger partial charge in [-0.1, -0.05) is 104 Å². The highest BCUT2D eigenvalue weighted by molar-refractivity contribution is 6.05. The molecule has 1 unspecified atom stereocenters. The molecule has 0 amide bonds. The van der Waals surface area contributed by atoms with Crippen LogP contribution in [0.25, 0.3) is 11.1 Å². The summed E-state index contributed by atoms with van der Waals surface area (Å²) < 4.78 is 0. The lowest BCUT2D eigenvalue weighted by Crippen LogP contribution is -2.30. The Balaban J connectivity index is 1.95. The number of benzene rings is 3. The van der Waals surface area contributed by atoms with Crippen LogP contribution in [-0.4, -0.2) is 7.05 Å². The highest BCUT2D eigenvalue weighted by Gasteiger charge is 2.12. The second-order valence-electron chi connectivity index (χ2n) is 6.79. The van der Waals surface area contributed by atoms with Gasteiger partial charge in [0.05, 0.1) is 0 Å². The zero-order chi connectivity index (χ0) is 20.5. The fourth-order valence-corrected chi connectivity index (χ4v) is 3.40. The summed E-state index contributed by atoms with van der Waals surface area (Å²) in [5.41, 5.74) is 6.68. The monoisotopic (exact) mass is 380 g/mol. The summed E-state index contributed by atoms with van der Waals surface area (Å²) in [6.07, 6.45) is 4.28. The average molecular weight is 381 g/mol. The minimum Gasteiger partial charge on any atom is -0.366 e. The van der Waals surface area contributed by atoms with E-state index >= 15 is 0 Å². The molecule has 3 aromatic rings. The third-order valence-electron chi connectivity index (χ3n) is 4.82. The molecule has 146 valence electrons. The van der Waals surface area contributed by atoms with Gasteiger partial charge in [-0.05, 0) is 47.9 Å². The molecule has 0 saturated carbocycles. The quantitative estimate of drug-likeness (QED) is 0.359. The van der Waals surface area contributed by atoms with Crippen LogP contribution in [0.5, 0.6) is 0 Å². The molecular weight excluding hydrogens is 352 g/mol. The summed E-state index contributed by atoms with van der Waals surface area (Å²) in [6, 6.07) is 31.2. The molecule has 0 aliphatic carbocycles. The number of hydrogen-bond donors (Lipinski definition) is 2. The Kier molecular flexibility index (Phi) is 7.21. The van der Waals surface area contributed by atoms with E-state index in [4.69, 9.17) is 0 Å². The van der Waals surface area contributed by atoms with Gasteiger partial charge in [-0.2, -0.15) is 0 Å². The molecular formula is C27H28N2. The van der Waals surface area contributed by atoms with Crippen LogP contribution in [0.15, 0.2) is 115 Å². The molecule has 2 heteroatoms. The van der Waals surface area contributed by atoms with Crippen LogP contribution in [0.4, 0.5) is 0 Å². The summed E-state index contributed by atoms with van der Waals surface area (Å²) in [6.45, 7) is 6.37. The Hall–Kier alpha value is -3.36. The fourth-order valence-electron chi connectivity index (χ4n) is 3.40. The van der Waals surface area contributed by atoms with Crippen LogP contribution in [0.1, 0.15) is 29.8 Å². The maximum Gasteiger partial charge on any atom is 0.103 e. The molecule has 0 saturated heterocycles. The maximum atomic E-state index is 4.29. The first-order chi connectivity index (χ1) is 14.2. The second kappa shape index (κ2) is 10.3. The minimum atomic E-state index is -0.0113. The first-order valence-electron chi connectivity index (χ1n) is 9.90. The zero-order valence-electron chi connectivity index (χ0n) is 17.1. The van der Waals surface area contributed by atoms with Crippen molar-refractivity contribution in [2.75, 3.05) is 7.05 Å². The van der Waals surface area contributed by atoms with Crippen LogP contribution < -0.4 is 10.6 Å². The van der Waals surface area contributed by atoms with E-state index < -0.39 is 0 Å². The lowest BCUT2D eigenvalue weighted by Gasteiger charge is -2.21. The largest absolute Gasteiger partial charge is 0.366 e. The van der Waals surface area contributed by atoms with Gasteiger partial charge in [0.15, 0.2) is 0 Å². The van der Waals surface area contributed by atoms with Gasteiger partial charge in [0.2, 0.25) is 0 Å². The lowest BCUT2D eigenvalue weighted by atomic mass is 9.91. The Morgan fingerprint density at radius 2 is 1.24 bits per heavy atom. The normalized spacial score (nSPS) is 13.0. The molecule has 1 atom stereocenters. The SMILES string of the molecule is C=C(/C=C(\C(=C/C)c1ccccc1)c1ccccc1)NC(NC)c1ccccc1. The van der Waals surface area contributed by atoms with Crippen molar-refractivity contribution in [3.05, 3.63) is 132 Å². The van der Waals surface area contributed by atoms with Crippen LogP contribution in [0.2, 0.25) is 0 Å². The van der Waals surface area contributed by atoms with Crippen molar-refractivity contribution in [3.8, 4) is 0 Å². The highest BCUT2D eigenvalue weighted by atomic mass is 15.1. The summed E-state index contributed by atoms with van der Waals surface area (Å²) in [7, 11) is 1.95. The first-order valence-corrected chi connectivity index (χ1v) is 9.90. The van der Waals surface area contributed by atoms with Crippen molar-refractivity contribution in [1.82, 2.24) is 10.6 Å². The molecule has 0 heterocycles. The molecule has 2 N–H and O–H groups in total. The maximum absolute atomic E-state index is 4.29. The van der Waals surface area contributed by atoms with E-state index in [1.54, 1.807) is 0 Å². The van der Waals surface area contributed by atoms with Gasteiger partial charge in [0.25, 0.3) is 0 Å². The van der Waals surface area contributed by atoms with Gasteiger partial charge in [-0.3, -0.25) is 5.32 Å². The van der Waals surface area contributed by atoms with E-state index in [0.717, 1.165) is 16.8 Å². The minimum absolute atomic E-state index is 0.0113. The topological polar surface area (TPSA) is 24.1 Å². The average Bonchev–Trinajstić information content (AvgIpc) is 2.79. The molecule has 2 nitrogen and oxygen atoms in total. The molecule has 29 heavy (non-hydrogen) atoms. The summed E-state index contributed by atoms with van der Waals surface area (Å²) in [5, 5.41) is 6.83. The van der Waals surface area contributed by atoms with Crippen LogP contribution in [-0.2, 0) is 0 Å². The van der Waals surface area contributed by atoms with Crippen LogP contribution >= 0.6 is 0 Å². The van der Waals surface area contributed by atoms with Crippen molar-refractivity contribution in [3.63, 3.8) is 0 Å². The van der Waals surface area contributed by atoms with E-state index in [1.807, 2.05) is 37.4 Å².